The van der Waals surface area contributed by atoms with Crippen LogP contribution in [0.4, 0.5) is 0 Å². The number of methoxy groups -OCH3 is 1. The number of ether oxygens (including phenoxy) is 1. The minimum absolute atomic E-state index is 0.0105. The molecule has 0 radical (unpaired) electrons. The van der Waals surface area contributed by atoms with E-state index in [0.717, 1.165) is 17.7 Å². The van der Waals surface area contributed by atoms with E-state index in [9.17, 15) is 9.59 Å². The van der Waals surface area contributed by atoms with Crippen LogP contribution in [0.3, 0.4) is 0 Å². The van der Waals surface area contributed by atoms with Crippen molar-refractivity contribution in [2.45, 2.75) is 27.2 Å². The molecule has 22 heavy (non-hydrogen) atoms. The van der Waals surface area contributed by atoms with E-state index in [4.69, 9.17) is 4.74 Å². The second-order valence-corrected chi connectivity index (χ2v) is 5.55. The van der Waals surface area contributed by atoms with Crippen molar-refractivity contribution in [3.05, 3.63) is 29.8 Å². The normalized spacial score (nSPS) is 10.4. The zero-order valence-electron chi connectivity index (χ0n) is 13.9. The number of benzene rings is 1. The summed E-state index contributed by atoms with van der Waals surface area (Å²) in [6.45, 7) is 6.88. The van der Waals surface area contributed by atoms with Crippen molar-refractivity contribution in [3.63, 3.8) is 0 Å². The van der Waals surface area contributed by atoms with Crippen LogP contribution in [-0.2, 0) is 16.0 Å². The Labute approximate surface area is 132 Å². The Balaban J connectivity index is 2.47. The monoisotopic (exact) mass is 306 g/mol. The lowest BCUT2D eigenvalue weighted by Gasteiger charge is -2.21. The van der Waals surface area contributed by atoms with Crippen LogP contribution in [0.25, 0.3) is 0 Å². The standard InChI is InChI=1S/C17H26N2O3/c1-13(2)17(21)18-9-11-19(14(3)20)10-8-15-6-5-7-16(12-15)22-4/h5-7,12-13H,8-11H2,1-4H3,(H,18,21). The number of nitrogens with one attached hydrogen (secondary N) is 1. The molecule has 0 saturated carbocycles. The van der Waals surface area contributed by atoms with Crippen molar-refractivity contribution < 1.29 is 14.3 Å². The molecule has 0 unspecified atom stereocenters. The zero-order valence-corrected chi connectivity index (χ0v) is 13.9. The van der Waals surface area contributed by atoms with E-state index in [1.54, 1.807) is 18.9 Å². The summed E-state index contributed by atoms with van der Waals surface area (Å²) in [6.07, 6.45) is 0.759. The van der Waals surface area contributed by atoms with Crippen molar-refractivity contribution >= 4 is 11.8 Å². The summed E-state index contributed by atoms with van der Waals surface area (Å²) in [5.41, 5.74) is 1.12. The van der Waals surface area contributed by atoms with Crippen LogP contribution in [0.15, 0.2) is 24.3 Å². The number of hydrogen-bond acceptors (Lipinski definition) is 3. The minimum Gasteiger partial charge on any atom is -0.497 e. The smallest absolute Gasteiger partial charge is 0.222 e. The van der Waals surface area contributed by atoms with Gasteiger partial charge < -0.3 is 15.0 Å². The average molecular weight is 306 g/mol. The van der Waals surface area contributed by atoms with E-state index in [1.807, 2.05) is 38.1 Å². The molecule has 1 aromatic rings. The molecule has 0 spiro atoms. The predicted octanol–water partition coefficient (Wildman–Crippen LogP) is 1.86. The summed E-state index contributed by atoms with van der Waals surface area (Å²) >= 11 is 0. The molecule has 0 aromatic heterocycles. The van der Waals surface area contributed by atoms with E-state index in [0.29, 0.717) is 19.6 Å². The van der Waals surface area contributed by atoms with Crippen LogP contribution in [0.5, 0.6) is 5.75 Å². The third-order valence-electron chi connectivity index (χ3n) is 3.46. The van der Waals surface area contributed by atoms with Gasteiger partial charge in [0, 0.05) is 32.5 Å². The molecule has 0 bridgehead atoms. The fourth-order valence-corrected chi connectivity index (χ4v) is 2.04. The number of amides is 2. The van der Waals surface area contributed by atoms with Crippen LogP contribution < -0.4 is 10.1 Å². The molecular formula is C17H26N2O3. The van der Waals surface area contributed by atoms with Crippen LogP contribution in [0.1, 0.15) is 26.3 Å². The summed E-state index contributed by atoms with van der Waals surface area (Å²) < 4.78 is 5.19. The third-order valence-corrected chi connectivity index (χ3v) is 3.46. The first kappa shape index (κ1) is 18.0. The third kappa shape index (κ3) is 6.16. The fourth-order valence-electron chi connectivity index (χ4n) is 2.04. The van der Waals surface area contributed by atoms with Crippen molar-refractivity contribution in [3.8, 4) is 5.75 Å². The quantitative estimate of drug-likeness (QED) is 0.797. The van der Waals surface area contributed by atoms with E-state index in [-0.39, 0.29) is 17.7 Å². The molecule has 0 saturated heterocycles. The summed E-state index contributed by atoms with van der Waals surface area (Å²) in [7, 11) is 1.64. The Hall–Kier alpha value is -2.04. The van der Waals surface area contributed by atoms with Crippen molar-refractivity contribution in [1.29, 1.82) is 0 Å². The zero-order chi connectivity index (χ0) is 16.5. The maximum absolute atomic E-state index is 11.7. The van der Waals surface area contributed by atoms with Crippen LogP contribution >= 0.6 is 0 Å². The summed E-state index contributed by atoms with van der Waals surface area (Å²) in [4.78, 5) is 25.0. The van der Waals surface area contributed by atoms with Gasteiger partial charge in [-0.15, -0.1) is 0 Å². The van der Waals surface area contributed by atoms with Gasteiger partial charge in [0.05, 0.1) is 7.11 Å². The first-order chi connectivity index (χ1) is 10.4. The lowest BCUT2D eigenvalue weighted by Crippen LogP contribution is -2.39. The lowest BCUT2D eigenvalue weighted by molar-refractivity contribution is -0.129. The highest BCUT2D eigenvalue weighted by molar-refractivity contribution is 5.78. The highest BCUT2D eigenvalue weighted by Gasteiger charge is 2.11. The minimum atomic E-state index is -0.0393. The Morgan fingerprint density at radius 1 is 1.27 bits per heavy atom. The first-order valence-corrected chi connectivity index (χ1v) is 7.60. The van der Waals surface area contributed by atoms with Gasteiger partial charge in [0.2, 0.25) is 11.8 Å². The second kappa shape index (κ2) is 9.07. The number of carbonyl (C=O) groups excluding carboxylic acids is 2. The van der Waals surface area contributed by atoms with Gasteiger partial charge in [-0.05, 0) is 24.1 Å². The number of carbonyl (C=O) groups is 2. The van der Waals surface area contributed by atoms with Gasteiger partial charge >= 0.3 is 0 Å². The predicted molar refractivity (Wildman–Crippen MR) is 86.8 cm³/mol. The SMILES string of the molecule is COc1cccc(CCN(CCNC(=O)C(C)C)C(C)=O)c1. The van der Waals surface area contributed by atoms with Gasteiger partial charge in [-0.1, -0.05) is 26.0 Å². The maximum atomic E-state index is 11.7. The molecule has 0 fully saturated rings. The maximum Gasteiger partial charge on any atom is 0.222 e. The number of nitrogens with zero attached hydrogens (tertiary/aromatic N) is 1. The topological polar surface area (TPSA) is 58.6 Å². The molecule has 0 aliphatic carbocycles. The molecule has 5 nitrogen and oxygen atoms in total. The second-order valence-electron chi connectivity index (χ2n) is 5.55. The Bertz CT molecular complexity index is 500. The summed E-state index contributed by atoms with van der Waals surface area (Å²) in [5, 5.41) is 2.83. The average Bonchev–Trinajstić information content (AvgIpc) is 2.50. The first-order valence-electron chi connectivity index (χ1n) is 7.60. The molecule has 0 aliphatic rings. The molecule has 0 heterocycles. The molecule has 0 atom stereocenters. The molecule has 5 heteroatoms. The summed E-state index contributed by atoms with van der Waals surface area (Å²) in [6, 6.07) is 7.82. The van der Waals surface area contributed by atoms with Gasteiger partial charge in [0.25, 0.3) is 0 Å². The number of hydrogen-bond donors (Lipinski definition) is 1. The van der Waals surface area contributed by atoms with Gasteiger partial charge in [0.1, 0.15) is 5.75 Å². The van der Waals surface area contributed by atoms with Crippen molar-refractivity contribution in [1.82, 2.24) is 10.2 Å². The summed E-state index contributed by atoms with van der Waals surface area (Å²) in [5.74, 6) is 0.802. The van der Waals surface area contributed by atoms with Crippen LogP contribution in [0.2, 0.25) is 0 Å². The van der Waals surface area contributed by atoms with Crippen LogP contribution in [-0.4, -0.2) is 43.5 Å². The van der Waals surface area contributed by atoms with Gasteiger partial charge in [-0.2, -0.15) is 0 Å². The Morgan fingerprint density at radius 3 is 2.59 bits per heavy atom. The lowest BCUT2D eigenvalue weighted by atomic mass is 10.1. The molecular weight excluding hydrogens is 280 g/mol. The van der Waals surface area contributed by atoms with E-state index >= 15 is 0 Å². The molecule has 2 amide bonds. The van der Waals surface area contributed by atoms with Gasteiger partial charge in [-0.3, -0.25) is 9.59 Å². The van der Waals surface area contributed by atoms with Crippen LogP contribution in [0, 0.1) is 5.92 Å². The fraction of sp³-hybridized carbons (Fsp3) is 0.529. The Kier molecular flexibility index (Phi) is 7.43. The van der Waals surface area contributed by atoms with E-state index in [1.165, 1.54) is 0 Å². The van der Waals surface area contributed by atoms with E-state index < -0.39 is 0 Å². The molecule has 1 rings (SSSR count). The largest absolute Gasteiger partial charge is 0.497 e. The van der Waals surface area contributed by atoms with E-state index in [2.05, 4.69) is 5.32 Å². The highest BCUT2D eigenvalue weighted by Crippen LogP contribution is 2.13. The Morgan fingerprint density at radius 2 is 2.00 bits per heavy atom. The molecule has 122 valence electrons. The highest BCUT2D eigenvalue weighted by atomic mass is 16.5. The molecule has 0 aliphatic heterocycles. The molecule has 1 aromatic carbocycles. The van der Waals surface area contributed by atoms with Gasteiger partial charge in [-0.25, -0.2) is 0 Å². The van der Waals surface area contributed by atoms with Crippen molar-refractivity contribution in [2.75, 3.05) is 26.7 Å². The van der Waals surface area contributed by atoms with Crippen molar-refractivity contribution in [2.24, 2.45) is 5.92 Å². The number of rotatable bonds is 8. The molecule has 1 N–H and O–H groups in total. The van der Waals surface area contributed by atoms with Gasteiger partial charge in [0.15, 0.2) is 0 Å².